The third-order valence-electron chi connectivity index (χ3n) is 8.51. The lowest BCUT2D eigenvalue weighted by Crippen LogP contribution is -2.45. The van der Waals surface area contributed by atoms with Crippen molar-refractivity contribution >= 4 is 11.6 Å². The van der Waals surface area contributed by atoms with E-state index in [1.165, 1.54) is 5.56 Å². The molecule has 2 heterocycles. The number of nitrogens with zero attached hydrogens (tertiary/aromatic N) is 3. The molecule has 2 aliphatic rings. The highest BCUT2D eigenvalue weighted by molar-refractivity contribution is 6.15. The molecule has 0 spiro atoms. The van der Waals surface area contributed by atoms with E-state index in [9.17, 15) is 4.79 Å². The Labute approximate surface area is 256 Å². The molecule has 228 valence electrons. The molecule has 0 N–H and O–H groups in total. The number of hydrogen-bond acceptors (Lipinski definition) is 6. The summed E-state index contributed by atoms with van der Waals surface area (Å²) in [4.78, 5) is 23.4. The zero-order chi connectivity index (χ0) is 30.5. The Morgan fingerprint density at radius 1 is 1.05 bits per heavy atom. The van der Waals surface area contributed by atoms with E-state index in [4.69, 9.17) is 19.2 Å². The van der Waals surface area contributed by atoms with E-state index >= 15 is 0 Å². The topological polar surface area (TPSA) is 63.6 Å². The summed E-state index contributed by atoms with van der Waals surface area (Å²) < 4.78 is 17.7. The largest absolute Gasteiger partial charge is 0.493 e. The predicted octanol–water partition coefficient (Wildman–Crippen LogP) is 6.19. The number of methoxy groups -OCH3 is 1. The van der Waals surface area contributed by atoms with Crippen molar-refractivity contribution in [1.82, 2.24) is 9.80 Å². The van der Waals surface area contributed by atoms with Gasteiger partial charge in [-0.1, -0.05) is 42.5 Å². The maximum Gasteiger partial charge on any atom is 0.254 e. The van der Waals surface area contributed by atoms with E-state index in [2.05, 4.69) is 37.9 Å². The third-order valence-corrected chi connectivity index (χ3v) is 8.51. The van der Waals surface area contributed by atoms with E-state index in [1.54, 1.807) is 7.11 Å². The maximum absolute atomic E-state index is 13.8. The standard InChI is InChI=1S/C36H45N3O4/c1-7-43-34-19-29-30(20-33(34)41-6)35(37-32-17-18-38(5)21-31(29)32)27-13-15-28(16-14-27)36(40)39(24(2)3)25(4)22-42-23-26-11-9-8-10-12-26/h8-16,19-20,24-25,31-32H,7,17-18,21-23H2,1-6H3/t25-,31-,32-/m1/s1. The van der Waals surface area contributed by atoms with Crippen LogP contribution < -0.4 is 9.47 Å². The van der Waals surface area contributed by atoms with Crippen LogP contribution in [0.4, 0.5) is 0 Å². The van der Waals surface area contributed by atoms with Gasteiger partial charge in [0.15, 0.2) is 11.5 Å². The summed E-state index contributed by atoms with van der Waals surface area (Å²) in [5.41, 5.74) is 6.05. The van der Waals surface area contributed by atoms with Gasteiger partial charge in [-0.05, 0) is 83.1 Å². The molecule has 43 heavy (non-hydrogen) atoms. The van der Waals surface area contributed by atoms with Gasteiger partial charge in [-0.15, -0.1) is 0 Å². The number of carbonyl (C=O) groups excluding carboxylic acids is 1. The minimum Gasteiger partial charge on any atom is -0.493 e. The predicted molar refractivity (Wildman–Crippen MR) is 172 cm³/mol. The van der Waals surface area contributed by atoms with E-state index in [1.807, 2.05) is 73.3 Å². The summed E-state index contributed by atoms with van der Waals surface area (Å²) >= 11 is 0. The molecule has 1 amide bonds. The molecule has 1 fully saturated rings. The molecule has 3 aromatic carbocycles. The number of amides is 1. The number of hydrogen-bond donors (Lipinski definition) is 0. The Kier molecular flexibility index (Phi) is 9.83. The fourth-order valence-corrected chi connectivity index (χ4v) is 6.41. The van der Waals surface area contributed by atoms with E-state index in [0.29, 0.717) is 37.1 Å². The Hall–Kier alpha value is -3.68. The molecule has 0 bridgehead atoms. The van der Waals surface area contributed by atoms with Crippen molar-refractivity contribution in [3.8, 4) is 11.5 Å². The van der Waals surface area contributed by atoms with Gasteiger partial charge in [0.2, 0.25) is 0 Å². The number of likely N-dealkylation sites (tertiary alicyclic amines) is 1. The highest BCUT2D eigenvalue weighted by Gasteiger charge is 2.36. The average molecular weight is 584 g/mol. The van der Waals surface area contributed by atoms with Crippen LogP contribution in [0.2, 0.25) is 0 Å². The van der Waals surface area contributed by atoms with Crippen molar-refractivity contribution in [3.05, 3.63) is 94.5 Å². The van der Waals surface area contributed by atoms with Crippen LogP contribution in [0.1, 0.15) is 72.6 Å². The first-order valence-corrected chi connectivity index (χ1v) is 15.5. The molecule has 7 nitrogen and oxygen atoms in total. The molecule has 0 aromatic heterocycles. The second kappa shape index (κ2) is 13.7. The molecule has 0 unspecified atom stereocenters. The van der Waals surface area contributed by atoms with Crippen molar-refractivity contribution in [3.63, 3.8) is 0 Å². The number of fused-ring (bicyclic) bond motifs is 3. The summed E-state index contributed by atoms with van der Waals surface area (Å²) in [5.74, 6) is 1.78. The number of likely N-dealkylation sites (N-methyl/N-ethyl adjacent to an activating group) is 1. The minimum absolute atomic E-state index is 0.00162. The van der Waals surface area contributed by atoms with Gasteiger partial charge >= 0.3 is 0 Å². The summed E-state index contributed by atoms with van der Waals surface area (Å²) in [6.45, 7) is 11.7. The van der Waals surface area contributed by atoms with Gasteiger partial charge in [0, 0.05) is 35.2 Å². The molecule has 7 heteroatoms. The number of benzene rings is 3. The van der Waals surface area contributed by atoms with Gasteiger partial charge in [0.05, 0.1) is 44.7 Å². The smallest absolute Gasteiger partial charge is 0.254 e. The zero-order valence-electron chi connectivity index (χ0n) is 26.4. The van der Waals surface area contributed by atoms with Crippen molar-refractivity contribution in [2.75, 3.05) is 40.5 Å². The maximum atomic E-state index is 13.8. The third kappa shape index (κ3) is 6.78. The van der Waals surface area contributed by atoms with Crippen LogP contribution in [0, 0.1) is 0 Å². The molecule has 3 aromatic rings. The summed E-state index contributed by atoms with van der Waals surface area (Å²) in [5, 5.41) is 0. The van der Waals surface area contributed by atoms with E-state index in [0.717, 1.165) is 47.7 Å². The molecule has 5 rings (SSSR count). The Balaban J connectivity index is 1.38. The Bertz CT molecular complexity index is 1420. The van der Waals surface area contributed by atoms with Gasteiger partial charge in [0.1, 0.15) is 0 Å². The molecule has 2 aliphatic heterocycles. The fourth-order valence-electron chi connectivity index (χ4n) is 6.41. The molecule has 0 saturated carbocycles. The van der Waals surface area contributed by atoms with Crippen molar-refractivity contribution < 1.29 is 19.0 Å². The van der Waals surface area contributed by atoms with Crippen LogP contribution in [0.15, 0.2) is 71.7 Å². The molecule has 1 saturated heterocycles. The second-order valence-corrected chi connectivity index (χ2v) is 12.0. The SMILES string of the molecule is CCOc1cc2c(cc1OC)C(c1ccc(C(=O)N(C(C)C)[C@H](C)COCc3ccccc3)cc1)=N[C@@H]1CCN(C)C[C@H]21. The summed E-state index contributed by atoms with van der Waals surface area (Å²) in [6.07, 6.45) is 1.00. The highest BCUT2D eigenvalue weighted by Crippen LogP contribution is 2.42. The number of carbonyl (C=O) groups is 1. The molecule has 0 aliphatic carbocycles. The van der Waals surface area contributed by atoms with Crippen LogP contribution in [0.25, 0.3) is 0 Å². The number of ether oxygens (including phenoxy) is 3. The lowest BCUT2D eigenvalue weighted by molar-refractivity contribution is 0.0340. The van der Waals surface area contributed by atoms with Gasteiger partial charge in [-0.3, -0.25) is 9.79 Å². The molecule has 3 atom stereocenters. The van der Waals surface area contributed by atoms with Crippen LogP contribution >= 0.6 is 0 Å². The summed E-state index contributed by atoms with van der Waals surface area (Å²) in [7, 11) is 3.85. The second-order valence-electron chi connectivity index (χ2n) is 12.0. The van der Waals surface area contributed by atoms with Gasteiger partial charge in [-0.25, -0.2) is 0 Å². The van der Waals surface area contributed by atoms with Gasteiger partial charge in [0.25, 0.3) is 5.91 Å². The van der Waals surface area contributed by atoms with E-state index in [-0.39, 0.29) is 24.0 Å². The minimum atomic E-state index is -0.0705. The first kappa shape index (κ1) is 30.8. The monoisotopic (exact) mass is 583 g/mol. The van der Waals surface area contributed by atoms with Crippen molar-refractivity contribution in [1.29, 1.82) is 0 Å². The van der Waals surface area contributed by atoms with Gasteiger partial charge < -0.3 is 24.0 Å². The van der Waals surface area contributed by atoms with Crippen molar-refractivity contribution in [2.45, 2.75) is 64.8 Å². The molecular weight excluding hydrogens is 538 g/mol. The first-order chi connectivity index (χ1) is 20.8. The first-order valence-electron chi connectivity index (χ1n) is 15.5. The molecular formula is C36H45N3O4. The zero-order valence-corrected chi connectivity index (χ0v) is 26.4. The molecule has 0 radical (unpaired) electrons. The Morgan fingerprint density at radius 2 is 1.79 bits per heavy atom. The average Bonchev–Trinajstić information content (AvgIpc) is 3.01. The number of aliphatic imine (C=N–C) groups is 1. The lowest BCUT2D eigenvalue weighted by Gasteiger charge is -2.39. The number of rotatable bonds is 11. The quantitative estimate of drug-likeness (QED) is 0.270. The van der Waals surface area contributed by atoms with Crippen LogP contribution in [0.3, 0.4) is 0 Å². The summed E-state index contributed by atoms with van der Waals surface area (Å²) in [6, 6.07) is 22.4. The van der Waals surface area contributed by atoms with E-state index < -0.39 is 0 Å². The van der Waals surface area contributed by atoms with Crippen molar-refractivity contribution in [2.24, 2.45) is 4.99 Å². The normalized spacial score (nSPS) is 18.8. The number of piperidine rings is 1. The van der Waals surface area contributed by atoms with Crippen LogP contribution in [-0.4, -0.2) is 80.0 Å². The highest BCUT2D eigenvalue weighted by atomic mass is 16.5. The van der Waals surface area contributed by atoms with Crippen LogP contribution in [-0.2, 0) is 11.3 Å². The van der Waals surface area contributed by atoms with Gasteiger partial charge in [-0.2, -0.15) is 0 Å². The lowest BCUT2D eigenvalue weighted by atomic mass is 9.79. The Morgan fingerprint density at radius 3 is 2.47 bits per heavy atom. The fraction of sp³-hybridized carbons (Fsp3) is 0.444. The van der Waals surface area contributed by atoms with Crippen LogP contribution in [0.5, 0.6) is 11.5 Å².